The second-order valence-electron chi connectivity index (χ2n) is 10.9. The van der Waals surface area contributed by atoms with Gasteiger partial charge in [-0.2, -0.15) is 0 Å². The van der Waals surface area contributed by atoms with Crippen molar-refractivity contribution in [2.24, 2.45) is 5.92 Å². The van der Waals surface area contributed by atoms with Crippen molar-refractivity contribution < 1.29 is 39.4 Å². The molecular weight excluding hydrogens is 476 g/mol. The molecule has 0 aromatic carbocycles. The van der Waals surface area contributed by atoms with Crippen molar-refractivity contribution in [3.63, 3.8) is 0 Å². The third-order valence-corrected chi connectivity index (χ3v) is 7.06. The number of ether oxygens (including phenoxy) is 4. The molecule has 1 fully saturated rings. The molecule has 1 aliphatic heterocycles. The summed E-state index contributed by atoms with van der Waals surface area (Å²) < 4.78 is 23.1. The quantitative estimate of drug-likeness (QED) is 0.135. The van der Waals surface area contributed by atoms with Gasteiger partial charge in [-0.3, -0.25) is 0 Å². The Kier molecular flexibility index (Phi) is 21.1. The van der Waals surface area contributed by atoms with Crippen LogP contribution in [0.1, 0.15) is 111 Å². The fraction of sp³-hybridized carbons (Fsp3) is 1.00. The lowest BCUT2D eigenvalue weighted by Gasteiger charge is -2.43. The normalized spacial score (nSPS) is 25.1. The van der Waals surface area contributed by atoms with E-state index in [0.717, 1.165) is 18.8 Å². The van der Waals surface area contributed by atoms with Gasteiger partial charge in [0.1, 0.15) is 30.5 Å². The topological polar surface area (TPSA) is 118 Å². The summed E-state index contributed by atoms with van der Waals surface area (Å²) in [5.41, 5.74) is 0. The van der Waals surface area contributed by atoms with Gasteiger partial charge < -0.3 is 39.4 Å². The monoisotopic (exact) mass is 534 g/mol. The molecule has 1 saturated heterocycles. The molecule has 0 bridgehead atoms. The van der Waals surface area contributed by atoms with Gasteiger partial charge in [-0.1, -0.05) is 97.3 Å². The van der Waals surface area contributed by atoms with E-state index >= 15 is 0 Å². The van der Waals surface area contributed by atoms with Crippen LogP contribution in [0.15, 0.2) is 0 Å². The number of rotatable bonds is 24. The highest BCUT2D eigenvalue weighted by atomic mass is 16.7. The Morgan fingerprint density at radius 1 is 0.730 bits per heavy atom. The van der Waals surface area contributed by atoms with E-state index in [9.17, 15) is 15.3 Å². The first-order valence-corrected chi connectivity index (χ1v) is 15.0. The number of hydrogen-bond donors (Lipinski definition) is 4. The van der Waals surface area contributed by atoms with Gasteiger partial charge in [-0.05, 0) is 19.3 Å². The number of aliphatic hydroxyl groups is 4. The van der Waals surface area contributed by atoms with Crippen LogP contribution in [0, 0.1) is 5.92 Å². The van der Waals surface area contributed by atoms with Crippen molar-refractivity contribution in [1.82, 2.24) is 0 Å². The van der Waals surface area contributed by atoms with Crippen molar-refractivity contribution in [2.75, 3.05) is 33.0 Å². The van der Waals surface area contributed by atoms with Crippen LogP contribution in [0.5, 0.6) is 0 Å². The van der Waals surface area contributed by atoms with Gasteiger partial charge in [0.2, 0.25) is 0 Å². The van der Waals surface area contributed by atoms with Gasteiger partial charge in [-0.15, -0.1) is 0 Å². The predicted molar refractivity (Wildman–Crippen MR) is 145 cm³/mol. The maximum Gasteiger partial charge on any atom is 0.186 e. The largest absolute Gasteiger partial charge is 0.394 e. The van der Waals surface area contributed by atoms with Gasteiger partial charge in [-0.25, -0.2) is 0 Å². The van der Waals surface area contributed by atoms with E-state index in [0.29, 0.717) is 13.2 Å². The third kappa shape index (κ3) is 15.8. The summed E-state index contributed by atoms with van der Waals surface area (Å²) in [7, 11) is 0. The molecule has 0 aromatic heterocycles. The van der Waals surface area contributed by atoms with E-state index in [1.165, 1.54) is 77.0 Å². The summed E-state index contributed by atoms with van der Waals surface area (Å²) in [4.78, 5) is 0. The molecule has 1 aliphatic rings. The zero-order valence-corrected chi connectivity index (χ0v) is 23.9. The molecule has 0 aliphatic carbocycles. The first-order chi connectivity index (χ1) is 17.9. The van der Waals surface area contributed by atoms with Crippen LogP contribution in [0.3, 0.4) is 0 Å². The lowest BCUT2D eigenvalue weighted by molar-refractivity contribution is -0.317. The highest BCUT2D eigenvalue weighted by Crippen LogP contribution is 2.27. The molecule has 0 amide bonds. The number of hydrogen-bond acceptors (Lipinski definition) is 8. The van der Waals surface area contributed by atoms with Crippen LogP contribution >= 0.6 is 0 Å². The summed E-state index contributed by atoms with van der Waals surface area (Å²) in [6, 6.07) is 0. The van der Waals surface area contributed by atoms with Gasteiger partial charge in [0.15, 0.2) is 6.29 Å². The van der Waals surface area contributed by atoms with Gasteiger partial charge in [0.05, 0.1) is 19.8 Å². The molecule has 1 rings (SSSR count). The molecule has 4 N–H and O–H groups in total. The zero-order chi connectivity index (χ0) is 27.3. The van der Waals surface area contributed by atoms with Gasteiger partial charge >= 0.3 is 0 Å². The average molecular weight is 535 g/mol. The molecule has 222 valence electrons. The highest BCUT2D eigenvalue weighted by molar-refractivity contribution is 4.91. The lowest BCUT2D eigenvalue weighted by Crippen LogP contribution is -2.61. The van der Waals surface area contributed by atoms with E-state index in [4.69, 9.17) is 24.1 Å². The predicted octanol–water partition coefficient (Wildman–Crippen LogP) is 4.34. The molecule has 0 aromatic rings. The van der Waals surface area contributed by atoms with Crippen LogP contribution in [-0.2, 0) is 18.9 Å². The second kappa shape index (κ2) is 22.5. The van der Waals surface area contributed by atoms with E-state index in [1.54, 1.807) is 0 Å². The first kappa shape index (κ1) is 34.7. The fourth-order valence-electron chi connectivity index (χ4n) is 4.80. The second-order valence-corrected chi connectivity index (χ2v) is 10.9. The summed E-state index contributed by atoms with van der Waals surface area (Å²) in [6.07, 6.45) is 12.6. The molecule has 1 heterocycles. The molecule has 0 radical (unpaired) electrons. The Hall–Kier alpha value is -0.320. The summed E-state index contributed by atoms with van der Waals surface area (Å²) in [5, 5.41) is 39.0. The van der Waals surface area contributed by atoms with E-state index < -0.39 is 50.0 Å². The maximum absolute atomic E-state index is 10.6. The molecule has 8 heteroatoms. The number of unbranched alkanes of at least 4 members (excludes halogenated alkanes) is 12. The Bertz CT molecular complexity index is 506. The summed E-state index contributed by atoms with van der Waals surface area (Å²) in [5.74, 6) is 0.840. The van der Waals surface area contributed by atoms with Crippen LogP contribution in [-0.4, -0.2) is 90.3 Å². The van der Waals surface area contributed by atoms with E-state index in [2.05, 4.69) is 13.8 Å². The minimum Gasteiger partial charge on any atom is -0.394 e. The molecule has 2 unspecified atom stereocenters. The summed E-state index contributed by atoms with van der Waals surface area (Å²) in [6.45, 7) is 6.31. The minimum absolute atomic E-state index is 0.159. The van der Waals surface area contributed by atoms with Gasteiger partial charge in [0.25, 0.3) is 0 Å². The molecular formula is C29H58O8. The third-order valence-electron chi connectivity index (χ3n) is 7.06. The van der Waals surface area contributed by atoms with Crippen molar-refractivity contribution in [1.29, 1.82) is 0 Å². The molecule has 8 nitrogen and oxygen atoms in total. The zero-order valence-electron chi connectivity index (χ0n) is 23.9. The molecule has 0 saturated carbocycles. The van der Waals surface area contributed by atoms with E-state index in [1.807, 2.05) is 6.92 Å². The van der Waals surface area contributed by atoms with Crippen LogP contribution < -0.4 is 0 Å². The maximum atomic E-state index is 10.6. The Morgan fingerprint density at radius 2 is 1.27 bits per heavy atom. The standard InChI is InChI=1S/C29H58O8/c1-4-34-29-28(27(36-22-24(32)20-30)26(33)25(21-31)37-29)35-19-17-15-13-11-9-7-5-6-8-10-12-14-16-18-23(2)3/h23-33H,4-22H2,1-3H3/t24?,25-,26-,27+,28-,29?/m1/s1. The Morgan fingerprint density at radius 3 is 1.76 bits per heavy atom. The van der Waals surface area contributed by atoms with E-state index in [-0.39, 0.29) is 6.61 Å². The first-order valence-electron chi connectivity index (χ1n) is 15.0. The SMILES string of the molecule is CCOC1O[C@H](CO)[C@@H](O)[C@H](OCC(O)CO)[C@H]1OCCCCCCCCCCCCCCCC(C)C. The van der Waals surface area contributed by atoms with Gasteiger partial charge in [0, 0.05) is 13.2 Å². The smallest absolute Gasteiger partial charge is 0.186 e. The molecule has 6 atom stereocenters. The van der Waals surface area contributed by atoms with Crippen molar-refractivity contribution in [3.05, 3.63) is 0 Å². The van der Waals surface area contributed by atoms with Crippen LogP contribution in [0.4, 0.5) is 0 Å². The Labute approximate surface area is 226 Å². The highest BCUT2D eigenvalue weighted by Gasteiger charge is 2.47. The minimum atomic E-state index is -1.14. The average Bonchev–Trinajstić information content (AvgIpc) is 2.88. The van der Waals surface area contributed by atoms with Crippen LogP contribution in [0.2, 0.25) is 0 Å². The van der Waals surface area contributed by atoms with Crippen molar-refractivity contribution in [2.45, 2.75) is 147 Å². The van der Waals surface area contributed by atoms with Crippen molar-refractivity contribution in [3.8, 4) is 0 Å². The van der Waals surface area contributed by atoms with Crippen LogP contribution in [0.25, 0.3) is 0 Å². The number of aliphatic hydroxyl groups excluding tert-OH is 4. The van der Waals surface area contributed by atoms with Crippen molar-refractivity contribution >= 4 is 0 Å². The molecule has 37 heavy (non-hydrogen) atoms. The Balaban J connectivity index is 2.19. The fourth-order valence-corrected chi connectivity index (χ4v) is 4.80. The molecule has 0 spiro atoms. The summed E-state index contributed by atoms with van der Waals surface area (Å²) >= 11 is 0. The lowest BCUT2D eigenvalue weighted by atomic mass is 9.98.